The van der Waals surface area contributed by atoms with Crippen molar-refractivity contribution in [1.82, 2.24) is 0 Å². The van der Waals surface area contributed by atoms with E-state index in [0.717, 1.165) is 90.8 Å². The summed E-state index contributed by atoms with van der Waals surface area (Å²) >= 11 is 0. The molecule has 0 aromatic heterocycles. The fourth-order valence-electron chi connectivity index (χ4n) is 8.98. The minimum absolute atomic E-state index is 0.00782. The topological polar surface area (TPSA) is 85.2 Å². The van der Waals surface area contributed by atoms with Crippen molar-refractivity contribution in [2.45, 2.75) is 109 Å². The van der Waals surface area contributed by atoms with Gasteiger partial charge in [-0.15, -0.1) is 0 Å². The predicted molar refractivity (Wildman–Crippen MR) is 219 cm³/mol. The van der Waals surface area contributed by atoms with Crippen LogP contribution in [-0.2, 0) is 40.8 Å². The molecule has 0 radical (unpaired) electrons. The average molecular weight is 739 g/mol. The smallest absolute Gasteiger partial charge is 0.161 e. The van der Waals surface area contributed by atoms with Gasteiger partial charge < -0.3 is 24.4 Å². The number of rotatable bonds is 9. The zero-order valence-electron chi connectivity index (χ0n) is 32.3. The summed E-state index contributed by atoms with van der Waals surface area (Å²) in [5.41, 5.74) is 4.72. The normalized spacial score (nSPS) is 20.9. The number of unbranched alkanes of at least 4 members (excludes halogenated alkanes) is 1. The van der Waals surface area contributed by atoms with E-state index in [-0.39, 0.29) is 35.5 Å². The van der Waals surface area contributed by atoms with Crippen molar-refractivity contribution >= 4 is 16.6 Å². The van der Waals surface area contributed by atoms with Gasteiger partial charge in [0.05, 0.1) is 12.5 Å². The summed E-state index contributed by atoms with van der Waals surface area (Å²) in [5.74, 6) is 5.69. The molecule has 6 bridgehead atoms. The van der Waals surface area contributed by atoms with Crippen LogP contribution >= 0.6 is 0 Å². The van der Waals surface area contributed by atoms with Gasteiger partial charge >= 0.3 is 0 Å². The highest BCUT2D eigenvalue weighted by molar-refractivity contribution is 5.93. The van der Waals surface area contributed by atoms with Gasteiger partial charge in [-0.1, -0.05) is 80.8 Å². The lowest BCUT2D eigenvalue weighted by Crippen LogP contribution is -2.25. The number of hydrogen-bond acceptors (Lipinski definition) is 6. The van der Waals surface area contributed by atoms with Gasteiger partial charge in [-0.25, -0.2) is 0 Å². The van der Waals surface area contributed by atoms with Gasteiger partial charge in [0.15, 0.2) is 11.5 Å². The van der Waals surface area contributed by atoms with Gasteiger partial charge in [-0.2, -0.15) is 0 Å². The first-order chi connectivity index (χ1) is 26.8. The summed E-state index contributed by atoms with van der Waals surface area (Å²) < 4.78 is 18.5. The number of ketones is 1. The van der Waals surface area contributed by atoms with Crippen molar-refractivity contribution in [2.24, 2.45) is 11.8 Å². The van der Waals surface area contributed by atoms with Crippen molar-refractivity contribution in [3.8, 4) is 29.3 Å². The van der Waals surface area contributed by atoms with Gasteiger partial charge in [0.2, 0.25) is 0 Å². The largest absolute Gasteiger partial charge is 0.508 e. The van der Waals surface area contributed by atoms with Crippen LogP contribution in [0.15, 0.2) is 96.8 Å². The first-order valence-corrected chi connectivity index (χ1v) is 20.2. The summed E-state index contributed by atoms with van der Waals surface area (Å²) in [6.45, 7) is 2.46. The first-order valence-electron chi connectivity index (χ1n) is 20.2. The Balaban J connectivity index is 1.21. The van der Waals surface area contributed by atoms with Crippen LogP contribution in [0.1, 0.15) is 98.9 Å². The lowest BCUT2D eigenvalue weighted by molar-refractivity contribution is -0.121. The van der Waals surface area contributed by atoms with E-state index in [1.807, 2.05) is 30.3 Å². The number of aryl methyl sites for hydroxylation is 3. The van der Waals surface area contributed by atoms with Gasteiger partial charge in [-0.3, -0.25) is 4.79 Å². The second-order valence-electron chi connectivity index (χ2n) is 15.7. The minimum atomic E-state index is -0.580. The number of aromatic hydroxyl groups is 1. The van der Waals surface area contributed by atoms with E-state index in [1.165, 1.54) is 5.56 Å². The number of Topliss-reactive ketones (excluding diaryl/α,β-unsaturated/α-hetero) is 1. The maximum Gasteiger partial charge on any atom is 0.161 e. The van der Waals surface area contributed by atoms with Crippen molar-refractivity contribution in [3.63, 3.8) is 0 Å². The molecule has 1 fully saturated rings. The highest BCUT2D eigenvalue weighted by Gasteiger charge is 2.38. The Morgan fingerprint density at radius 2 is 1.73 bits per heavy atom. The van der Waals surface area contributed by atoms with Crippen LogP contribution in [0.3, 0.4) is 0 Å². The van der Waals surface area contributed by atoms with Crippen LogP contribution in [0.25, 0.3) is 10.8 Å². The molecule has 2 heterocycles. The molecule has 55 heavy (non-hydrogen) atoms. The minimum Gasteiger partial charge on any atom is -0.508 e. The van der Waals surface area contributed by atoms with E-state index in [2.05, 4.69) is 73.6 Å². The summed E-state index contributed by atoms with van der Waals surface area (Å²) in [5, 5.41) is 24.4. The maximum atomic E-state index is 13.7. The number of benzene rings is 4. The number of phenols is 1. The number of carbonyl (C=O) groups is 1. The third-order valence-corrected chi connectivity index (χ3v) is 11.9. The number of allylic oxidation sites excluding steroid dienone is 3. The highest BCUT2D eigenvalue weighted by Crippen LogP contribution is 2.48. The molecule has 2 aliphatic carbocycles. The van der Waals surface area contributed by atoms with Gasteiger partial charge in [0.25, 0.3) is 0 Å². The number of aliphatic hydroxyl groups excluding tert-OH is 1. The summed E-state index contributed by atoms with van der Waals surface area (Å²) in [6, 6.07) is 24.7. The Morgan fingerprint density at radius 1 is 0.909 bits per heavy atom. The molecule has 4 aromatic rings. The van der Waals surface area contributed by atoms with E-state index >= 15 is 0 Å². The molecule has 4 aromatic carbocycles. The van der Waals surface area contributed by atoms with E-state index in [4.69, 9.17) is 14.2 Å². The van der Waals surface area contributed by atoms with Crippen molar-refractivity contribution in [2.75, 3.05) is 7.11 Å². The Hall–Kier alpha value is -5.15. The zero-order valence-corrected chi connectivity index (χ0v) is 32.3. The predicted octanol–water partition coefficient (Wildman–Crippen LogP) is 10.8. The molecule has 2 aliphatic heterocycles. The molecule has 6 heteroatoms. The Labute approximate surface area is 326 Å². The molecule has 3 atom stereocenters. The van der Waals surface area contributed by atoms with Crippen molar-refractivity contribution in [1.29, 1.82) is 0 Å². The number of carbonyl (C=O) groups excluding carboxylic acids is 1. The molecule has 8 rings (SSSR count). The molecular formula is C49H54O6. The number of methoxy groups -OCH3 is 1. The van der Waals surface area contributed by atoms with Gasteiger partial charge in [0, 0.05) is 18.4 Å². The molecule has 0 amide bonds. The number of ether oxygens (including phenoxy) is 3. The van der Waals surface area contributed by atoms with Crippen molar-refractivity contribution in [3.05, 3.63) is 125 Å². The lowest BCUT2D eigenvalue weighted by Gasteiger charge is -2.29. The molecule has 286 valence electrons. The maximum absolute atomic E-state index is 13.7. The second kappa shape index (κ2) is 17.5. The number of hydrogen-bond donors (Lipinski definition) is 2. The van der Waals surface area contributed by atoms with Crippen LogP contribution in [-0.4, -0.2) is 29.2 Å². The Bertz CT molecular complexity index is 2090. The molecule has 1 saturated carbocycles. The second-order valence-corrected chi connectivity index (χ2v) is 15.7. The summed E-state index contributed by atoms with van der Waals surface area (Å²) in [7, 11) is 1.64. The van der Waals surface area contributed by atoms with Crippen LogP contribution in [0.4, 0.5) is 0 Å². The molecule has 6 nitrogen and oxygen atoms in total. The lowest BCUT2D eigenvalue weighted by atomic mass is 9.76. The van der Waals surface area contributed by atoms with Crippen LogP contribution in [0, 0.1) is 23.9 Å². The van der Waals surface area contributed by atoms with E-state index in [0.29, 0.717) is 37.4 Å². The zero-order chi connectivity index (χ0) is 38.2. The summed E-state index contributed by atoms with van der Waals surface area (Å²) in [4.78, 5) is 13.7. The highest BCUT2D eigenvalue weighted by atomic mass is 16.5. The molecule has 1 spiro atoms. The standard InChI is InChI=1S/C49H54O6/c1-3-37-31-45(52)48-43-21-16-36(27-44(37)43)33-55-47-28-35(17-22-46(47)53-2)15-19-41(51)32-42(54-26-25-49(48)23-9-10-24-49)30-39-29-40(50)20-18-38(39)14-8-7-13-34-11-5-4-6-12-34/h4-6,11-12,16-18,20-22,27-29,31,38-39,42,50,52H,3,7-10,13-15,19,23-24,30,32-33H2,1-2H3/t38-,39+,42+/m1/s1. The quantitative estimate of drug-likeness (QED) is 0.131. The van der Waals surface area contributed by atoms with Crippen molar-refractivity contribution < 1.29 is 29.2 Å². The van der Waals surface area contributed by atoms with E-state index in [1.54, 1.807) is 13.2 Å². The molecular weight excluding hydrogens is 685 g/mol. The SMILES string of the molecule is CCc1cc(O)c2c3ccc(cc13)COc1cc(ccc1OC)CCC(=O)C[C@H](C[C@@H]1C=C(O)C=C[C@H]1CCCCc1ccccc1)OC#CC21CCCC1. The van der Waals surface area contributed by atoms with Crippen LogP contribution in [0.2, 0.25) is 0 Å². The fraction of sp³-hybridized carbons (Fsp3) is 0.408. The monoisotopic (exact) mass is 738 g/mol. The molecule has 4 aliphatic rings. The van der Waals surface area contributed by atoms with Crippen LogP contribution in [0.5, 0.6) is 17.2 Å². The molecule has 0 saturated heterocycles. The molecule has 2 N–H and O–H groups in total. The third kappa shape index (κ3) is 9.05. The Kier molecular flexibility index (Phi) is 12.2. The third-order valence-electron chi connectivity index (χ3n) is 11.9. The number of fused-ring (bicyclic) bond motifs is 8. The first kappa shape index (κ1) is 38.1. The number of aliphatic hydroxyl groups is 1. The van der Waals surface area contributed by atoms with Gasteiger partial charge in [0.1, 0.15) is 36.1 Å². The van der Waals surface area contributed by atoms with Crippen LogP contribution < -0.4 is 9.47 Å². The summed E-state index contributed by atoms with van der Waals surface area (Å²) in [6.07, 6.45) is 18.8. The van der Waals surface area contributed by atoms with E-state index < -0.39 is 11.5 Å². The molecule has 0 unspecified atom stereocenters. The van der Waals surface area contributed by atoms with Gasteiger partial charge in [-0.05, 0) is 139 Å². The Morgan fingerprint density at radius 3 is 2.53 bits per heavy atom. The average Bonchev–Trinajstić information content (AvgIpc) is 3.67. The van der Waals surface area contributed by atoms with E-state index in [9.17, 15) is 15.0 Å². The fourth-order valence-corrected chi connectivity index (χ4v) is 8.98. The number of phenolic OH excluding ortho intramolecular Hbond substituents is 1.